The Hall–Kier alpha value is -3.81. The van der Waals surface area contributed by atoms with E-state index in [0.717, 1.165) is 22.3 Å². The molecule has 0 radical (unpaired) electrons. The summed E-state index contributed by atoms with van der Waals surface area (Å²) >= 11 is 0. The van der Waals surface area contributed by atoms with Crippen LogP contribution < -0.4 is 5.32 Å². The van der Waals surface area contributed by atoms with Gasteiger partial charge in [-0.25, -0.2) is 18.0 Å². The lowest BCUT2D eigenvalue weighted by Gasteiger charge is -2.20. The van der Waals surface area contributed by atoms with E-state index in [1.54, 1.807) is 0 Å². The molecule has 1 aliphatic carbocycles. The van der Waals surface area contributed by atoms with Crippen LogP contribution in [0.5, 0.6) is 0 Å². The van der Waals surface area contributed by atoms with Gasteiger partial charge in [0.1, 0.15) is 12.4 Å². The number of hydrogen-bond donors (Lipinski definition) is 2. The van der Waals surface area contributed by atoms with E-state index in [4.69, 9.17) is 9.84 Å². The van der Waals surface area contributed by atoms with Crippen LogP contribution in [0.15, 0.2) is 60.7 Å². The molecular weight excluding hydrogens is 423 g/mol. The number of hydrogen-bond acceptors (Lipinski definition) is 3. The molecule has 0 aromatic heterocycles. The normalized spacial score (nSPS) is 13.2. The van der Waals surface area contributed by atoms with Crippen molar-refractivity contribution in [3.63, 3.8) is 0 Å². The average molecular weight is 441 g/mol. The number of carboxylic acid groups (broad SMARTS) is 1. The summed E-state index contributed by atoms with van der Waals surface area (Å²) in [6.07, 6.45) is -1.74. The van der Waals surface area contributed by atoms with Gasteiger partial charge in [-0.2, -0.15) is 0 Å². The van der Waals surface area contributed by atoms with Crippen molar-refractivity contribution < 1.29 is 32.6 Å². The molecule has 164 valence electrons. The number of carbonyl (C=O) groups excluding carboxylic acids is 1. The van der Waals surface area contributed by atoms with Crippen LogP contribution in [0.2, 0.25) is 0 Å². The number of ether oxygens (including phenoxy) is 1. The lowest BCUT2D eigenvalue weighted by Crippen LogP contribution is -2.32. The zero-order valence-corrected chi connectivity index (χ0v) is 16.6. The van der Waals surface area contributed by atoms with Crippen molar-refractivity contribution in [1.82, 2.24) is 5.32 Å². The summed E-state index contributed by atoms with van der Waals surface area (Å²) in [6, 6.07) is 14.8. The molecule has 0 spiro atoms. The molecule has 0 aliphatic heterocycles. The number of rotatable bonds is 6. The number of aliphatic carboxylic acids is 1. The third-order valence-corrected chi connectivity index (χ3v) is 5.43. The molecule has 32 heavy (non-hydrogen) atoms. The SMILES string of the molecule is O=C(O)C[C@@H](NC(=O)OCC1c2ccccc2-c2ccccc21)c1cc(F)c(F)cc1F. The number of fused-ring (bicyclic) bond motifs is 3. The van der Waals surface area contributed by atoms with Gasteiger partial charge in [-0.3, -0.25) is 4.79 Å². The lowest BCUT2D eigenvalue weighted by atomic mass is 9.98. The van der Waals surface area contributed by atoms with E-state index in [-0.39, 0.29) is 12.5 Å². The van der Waals surface area contributed by atoms with E-state index in [0.29, 0.717) is 12.1 Å². The molecule has 1 aliphatic rings. The Morgan fingerprint density at radius 2 is 1.47 bits per heavy atom. The van der Waals surface area contributed by atoms with Gasteiger partial charge in [0, 0.05) is 17.5 Å². The summed E-state index contributed by atoms with van der Waals surface area (Å²) in [6.45, 7) is -0.0418. The first-order valence-corrected chi connectivity index (χ1v) is 9.83. The van der Waals surface area contributed by atoms with Gasteiger partial charge in [-0.05, 0) is 28.3 Å². The van der Waals surface area contributed by atoms with Crippen LogP contribution in [0.25, 0.3) is 11.1 Å². The highest BCUT2D eigenvalue weighted by Crippen LogP contribution is 2.44. The highest BCUT2D eigenvalue weighted by Gasteiger charge is 2.30. The smallest absolute Gasteiger partial charge is 0.407 e. The van der Waals surface area contributed by atoms with Gasteiger partial charge in [0.05, 0.1) is 12.5 Å². The zero-order valence-electron chi connectivity index (χ0n) is 16.6. The van der Waals surface area contributed by atoms with E-state index in [9.17, 15) is 22.8 Å². The quantitative estimate of drug-likeness (QED) is 0.519. The van der Waals surface area contributed by atoms with Crippen molar-refractivity contribution in [1.29, 1.82) is 0 Å². The molecule has 2 N–H and O–H groups in total. The molecule has 0 saturated carbocycles. The molecule has 3 aromatic carbocycles. The van der Waals surface area contributed by atoms with Gasteiger partial charge in [-0.1, -0.05) is 48.5 Å². The van der Waals surface area contributed by atoms with Gasteiger partial charge in [0.2, 0.25) is 0 Å². The Labute approximate surface area is 181 Å². The Morgan fingerprint density at radius 3 is 2.06 bits per heavy atom. The number of carboxylic acids is 1. The molecule has 8 heteroatoms. The number of nitrogens with one attached hydrogen (secondary N) is 1. The first-order chi connectivity index (χ1) is 15.3. The molecule has 5 nitrogen and oxygen atoms in total. The molecule has 0 saturated heterocycles. The van der Waals surface area contributed by atoms with Crippen molar-refractivity contribution in [2.45, 2.75) is 18.4 Å². The van der Waals surface area contributed by atoms with Crippen LogP contribution in [0.4, 0.5) is 18.0 Å². The largest absolute Gasteiger partial charge is 0.481 e. The Morgan fingerprint density at radius 1 is 0.906 bits per heavy atom. The maximum atomic E-state index is 14.2. The van der Waals surface area contributed by atoms with Crippen LogP contribution in [0.1, 0.15) is 35.1 Å². The monoisotopic (exact) mass is 441 g/mol. The van der Waals surface area contributed by atoms with E-state index in [1.807, 2.05) is 48.5 Å². The van der Waals surface area contributed by atoms with Crippen LogP contribution in [0, 0.1) is 17.5 Å². The topological polar surface area (TPSA) is 75.6 Å². The Kier molecular flexibility index (Phi) is 5.85. The van der Waals surface area contributed by atoms with Crippen molar-refractivity contribution >= 4 is 12.1 Å². The number of alkyl carbamates (subject to hydrolysis) is 1. The van der Waals surface area contributed by atoms with Crippen molar-refractivity contribution in [3.8, 4) is 11.1 Å². The average Bonchev–Trinajstić information content (AvgIpc) is 3.08. The van der Waals surface area contributed by atoms with Gasteiger partial charge >= 0.3 is 12.1 Å². The molecule has 0 heterocycles. The molecule has 1 atom stereocenters. The third-order valence-electron chi connectivity index (χ3n) is 5.43. The van der Waals surface area contributed by atoms with Crippen molar-refractivity contribution in [2.24, 2.45) is 0 Å². The fourth-order valence-corrected chi connectivity index (χ4v) is 4.00. The minimum absolute atomic E-state index is 0.0418. The van der Waals surface area contributed by atoms with Gasteiger partial charge in [0.15, 0.2) is 11.6 Å². The van der Waals surface area contributed by atoms with Crippen LogP contribution in [-0.2, 0) is 9.53 Å². The second-order valence-electron chi connectivity index (χ2n) is 7.41. The van der Waals surface area contributed by atoms with Crippen molar-refractivity contribution in [3.05, 3.63) is 94.8 Å². The molecule has 0 fully saturated rings. The molecular formula is C24H18F3NO4. The fourth-order valence-electron chi connectivity index (χ4n) is 4.00. The predicted molar refractivity (Wildman–Crippen MR) is 110 cm³/mol. The second-order valence-corrected chi connectivity index (χ2v) is 7.41. The molecule has 4 rings (SSSR count). The number of amides is 1. The van der Waals surface area contributed by atoms with E-state index in [1.165, 1.54) is 0 Å². The summed E-state index contributed by atoms with van der Waals surface area (Å²) in [4.78, 5) is 23.6. The molecule has 0 bridgehead atoms. The number of halogens is 3. The minimum Gasteiger partial charge on any atom is -0.481 e. The fraction of sp³-hybridized carbons (Fsp3) is 0.167. The van der Waals surface area contributed by atoms with E-state index >= 15 is 0 Å². The lowest BCUT2D eigenvalue weighted by molar-refractivity contribution is -0.137. The highest BCUT2D eigenvalue weighted by atomic mass is 19.2. The molecule has 1 amide bonds. The summed E-state index contributed by atoms with van der Waals surface area (Å²) in [5.74, 6) is -5.54. The predicted octanol–water partition coefficient (Wildman–Crippen LogP) is 5.16. The van der Waals surface area contributed by atoms with Gasteiger partial charge < -0.3 is 15.2 Å². The first kappa shape index (κ1) is 21.4. The number of carbonyl (C=O) groups is 2. The Bertz CT molecular complexity index is 1150. The Balaban J connectivity index is 1.51. The minimum atomic E-state index is -1.45. The van der Waals surface area contributed by atoms with Gasteiger partial charge in [-0.15, -0.1) is 0 Å². The second kappa shape index (κ2) is 8.74. The van der Waals surface area contributed by atoms with Crippen molar-refractivity contribution in [2.75, 3.05) is 6.61 Å². The third kappa shape index (κ3) is 4.16. The van der Waals surface area contributed by atoms with Crippen LogP contribution >= 0.6 is 0 Å². The maximum Gasteiger partial charge on any atom is 0.407 e. The van der Waals surface area contributed by atoms with Crippen LogP contribution in [-0.4, -0.2) is 23.8 Å². The summed E-state index contributed by atoms with van der Waals surface area (Å²) in [5, 5.41) is 11.4. The number of benzene rings is 3. The summed E-state index contributed by atoms with van der Waals surface area (Å²) < 4.78 is 46.3. The van der Waals surface area contributed by atoms with E-state index in [2.05, 4.69) is 5.32 Å². The summed E-state index contributed by atoms with van der Waals surface area (Å²) in [7, 11) is 0. The van der Waals surface area contributed by atoms with Crippen LogP contribution in [0.3, 0.4) is 0 Å². The zero-order chi connectivity index (χ0) is 22.8. The van der Waals surface area contributed by atoms with Gasteiger partial charge in [0.25, 0.3) is 0 Å². The molecule has 3 aromatic rings. The van der Waals surface area contributed by atoms with E-state index < -0.39 is 47.5 Å². The molecule has 0 unspecified atom stereocenters. The summed E-state index contributed by atoms with van der Waals surface area (Å²) in [5.41, 5.74) is 3.54. The standard InChI is InChI=1S/C24H18F3NO4/c25-19-10-21(27)20(26)9-17(19)22(11-23(29)30)28-24(31)32-12-18-15-7-3-1-5-13(15)14-6-2-4-8-16(14)18/h1-10,18,22H,11-12H2,(H,28,31)(H,29,30)/t22-/m1/s1. The first-order valence-electron chi connectivity index (χ1n) is 9.83. The maximum absolute atomic E-state index is 14.2. The highest BCUT2D eigenvalue weighted by molar-refractivity contribution is 5.79.